The first-order chi connectivity index (χ1) is 12.8. The monoisotopic (exact) mass is 376 g/mol. The van der Waals surface area contributed by atoms with E-state index in [2.05, 4.69) is 4.98 Å². The molecule has 3 heterocycles. The molecule has 6 heteroatoms. The number of nitrogens with zero attached hydrogens (tertiary/aromatic N) is 2. The van der Waals surface area contributed by atoms with Crippen LogP contribution in [-0.4, -0.2) is 53.0 Å². The number of pyridine rings is 1. The lowest BCUT2D eigenvalue weighted by atomic mass is 9.81. The van der Waals surface area contributed by atoms with Crippen LogP contribution in [0.2, 0.25) is 0 Å². The normalized spacial score (nSPS) is 25.4. The van der Waals surface area contributed by atoms with Crippen LogP contribution >= 0.6 is 0 Å². The summed E-state index contributed by atoms with van der Waals surface area (Å²) in [6.45, 7) is 9.69. The molecular weight excluding hydrogens is 344 g/mol. The molecule has 0 N–H and O–H groups in total. The highest BCUT2D eigenvalue weighted by Gasteiger charge is 2.45. The summed E-state index contributed by atoms with van der Waals surface area (Å²) in [4.78, 5) is 18.7. The minimum atomic E-state index is -0.475. The Kier molecular flexibility index (Phi) is 6.06. The topological polar surface area (TPSA) is 60.9 Å². The molecule has 0 saturated carbocycles. The van der Waals surface area contributed by atoms with Crippen LogP contribution < -0.4 is 0 Å². The van der Waals surface area contributed by atoms with E-state index < -0.39 is 5.60 Å². The van der Waals surface area contributed by atoms with Crippen molar-refractivity contribution in [2.45, 2.75) is 76.8 Å². The van der Waals surface area contributed by atoms with E-state index in [1.54, 1.807) is 11.1 Å². The van der Waals surface area contributed by atoms with Gasteiger partial charge in [-0.05, 0) is 52.7 Å². The van der Waals surface area contributed by atoms with Gasteiger partial charge in [-0.1, -0.05) is 6.07 Å². The van der Waals surface area contributed by atoms with Gasteiger partial charge in [0.15, 0.2) is 0 Å². The minimum Gasteiger partial charge on any atom is -0.444 e. The van der Waals surface area contributed by atoms with Gasteiger partial charge in [-0.2, -0.15) is 0 Å². The van der Waals surface area contributed by atoms with Crippen LogP contribution in [-0.2, 0) is 14.2 Å². The Bertz CT molecular complexity index is 621. The van der Waals surface area contributed by atoms with Crippen molar-refractivity contribution in [1.82, 2.24) is 9.88 Å². The first kappa shape index (κ1) is 20.1. The van der Waals surface area contributed by atoms with Crippen molar-refractivity contribution in [3.8, 4) is 0 Å². The Morgan fingerprint density at radius 1 is 1.33 bits per heavy atom. The summed E-state index contributed by atoms with van der Waals surface area (Å²) >= 11 is 0. The van der Waals surface area contributed by atoms with Gasteiger partial charge >= 0.3 is 6.09 Å². The maximum absolute atomic E-state index is 12.4. The highest BCUT2D eigenvalue weighted by atomic mass is 16.6. The van der Waals surface area contributed by atoms with Crippen molar-refractivity contribution >= 4 is 6.09 Å². The van der Waals surface area contributed by atoms with Gasteiger partial charge in [-0.15, -0.1) is 0 Å². The molecule has 3 rings (SSSR count). The van der Waals surface area contributed by atoms with Gasteiger partial charge in [0.1, 0.15) is 11.7 Å². The molecule has 0 aliphatic carbocycles. The number of piperidine rings is 1. The molecule has 1 amide bonds. The molecule has 1 spiro atoms. The largest absolute Gasteiger partial charge is 0.444 e. The standard InChI is InChI=1S/C21H32N2O4/c1-5-25-16-14-18(17-8-6-7-11-22-17)26-21(15-16)9-12-23(13-10-21)19(24)27-20(2,3)4/h6-8,11,16,18H,5,9-10,12-15H2,1-4H3/t16-,18-/m1/s1. The average molecular weight is 376 g/mol. The first-order valence-electron chi connectivity index (χ1n) is 9.98. The van der Waals surface area contributed by atoms with E-state index >= 15 is 0 Å². The number of likely N-dealkylation sites (tertiary alicyclic amines) is 1. The number of aromatic nitrogens is 1. The van der Waals surface area contributed by atoms with Gasteiger partial charge in [0.25, 0.3) is 0 Å². The van der Waals surface area contributed by atoms with Crippen LogP contribution in [0.1, 0.15) is 65.2 Å². The van der Waals surface area contributed by atoms with Crippen LogP contribution in [0.3, 0.4) is 0 Å². The summed E-state index contributed by atoms with van der Waals surface area (Å²) in [6, 6.07) is 5.93. The highest BCUT2D eigenvalue weighted by Crippen LogP contribution is 2.43. The molecule has 150 valence electrons. The first-order valence-corrected chi connectivity index (χ1v) is 9.98. The molecular formula is C21H32N2O4. The third-order valence-corrected chi connectivity index (χ3v) is 5.22. The third-order valence-electron chi connectivity index (χ3n) is 5.22. The smallest absolute Gasteiger partial charge is 0.410 e. The molecule has 0 radical (unpaired) electrons. The van der Waals surface area contributed by atoms with Crippen LogP contribution in [0.5, 0.6) is 0 Å². The lowest BCUT2D eigenvalue weighted by molar-refractivity contribution is -0.192. The Morgan fingerprint density at radius 3 is 2.67 bits per heavy atom. The van der Waals surface area contributed by atoms with E-state index in [-0.39, 0.29) is 23.9 Å². The summed E-state index contributed by atoms with van der Waals surface area (Å²) in [5, 5.41) is 0. The molecule has 2 saturated heterocycles. The number of hydrogen-bond donors (Lipinski definition) is 0. The van der Waals surface area contributed by atoms with Gasteiger partial charge in [-0.3, -0.25) is 4.98 Å². The summed E-state index contributed by atoms with van der Waals surface area (Å²) in [7, 11) is 0. The number of hydrogen-bond acceptors (Lipinski definition) is 5. The van der Waals surface area contributed by atoms with Crippen LogP contribution in [0.4, 0.5) is 4.79 Å². The van der Waals surface area contributed by atoms with E-state index in [4.69, 9.17) is 14.2 Å². The van der Waals surface area contributed by atoms with E-state index in [1.807, 2.05) is 45.9 Å². The van der Waals surface area contributed by atoms with Crippen molar-refractivity contribution in [3.63, 3.8) is 0 Å². The third kappa shape index (κ3) is 5.20. The number of carbonyl (C=O) groups excluding carboxylic acids is 1. The molecule has 2 fully saturated rings. The molecule has 2 atom stereocenters. The second-order valence-electron chi connectivity index (χ2n) is 8.53. The quantitative estimate of drug-likeness (QED) is 0.794. The minimum absolute atomic E-state index is 0.0652. The summed E-state index contributed by atoms with van der Waals surface area (Å²) in [5.41, 5.74) is 0.215. The zero-order chi connectivity index (χ0) is 19.5. The predicted molar refractivity (Wildman–Crippen MR) is 102 cm³/mol. The van der Waals surface area contributed by atoms with Crippen molar-refractivity contribution in [3.05, 3.63) is 30.1 Å². The SMILES string of the molecule is CCO[C@@H]1C[C@H](c2ccccn2)OC2(CCN(C(=O)OC(C)(C)C)CC2)C1. The predicted octanol–water partition coefficient (Wildman–Crippen LogP) is 4.11. The molecule has 1 aromatic heterocycles. The molecule has 0 unspecified atom stereocenters. The Balaban J connectivity index is 1.68. The van der Waals surface area contributed by atoms with Crippen LogP contribution in [0.15, 0.2) is 24.4 Å². The molecule has 1 aromatic rings. The van der Waals surface area contributed by atoms with Gasteiger partial charge in [-0.25, -0.2) is 4.79 Å². The maximum Gasteiger partial charge on any atom is 0.410 e. The molecule has 2 aliphatic rings. The maximum atomic E-state index is 12.4. The zero-order valence-electron chi connectivity index (χ0n) is 16.9. The summed E-state index contributed by atoms with van der Waals surface area (Å²) < 4.78 is 18.1. The van der Waals surface area contributed by atoms with Crippen molar-refractivity contribution in [1.29, 1.82) is 0 Å². The molecule has 0 aromatic carbocycles. The fourth-order valence-electron chi connectivity index (χ4n) is 3.99. The van der Waals surface area contributed by atoms with Gasteiger partial charge < -0.3 is 19.1 Å². The van der Waals surface area contributed by atoms with Crippen molar-refractivity contribution < 1.29 is 19.0 Å². The van der Waals surface area contributed by atoms with E-state index in [9.17, 15) is 4.79 Å². The summed E-state index contributed by atoms with van der Waals surface area (Å²) in [5.74, 6) is 0. The Hall–Kier alpha value is -1.66. The second-order valence-corrected chi connectivity index (χ2v) is 8.53. The number of carbonyl (C=O) groups is 1. The van der Waals surface area contributed by atoms with E-state index in [1.165, 1.54) is 0 Å². The van der Waals surface area contributed by atoms with Gasteiger partial charge in [0.2, 0.25) is 0 Å². The number of amides is 1. The Labute approximate surface area is 162 Å². The zero-order valence-corrected chi connectivity index (χ0v) is 16.9. The van der Waals surface area contributed by atoms with E-state index in [0.717, 1.165) is 31.4 Å². The second kappa shape index (κ2) is 8.15. The number of ether oxygens (including phenoxy) is 3. The average Bonchev–Trinajstić information content (AvgIpc) is 2.61. The highest BCUT2D eigenvalue weighted by molar-refractivity contribution is 5.68. The van der Waals surface area contributed by atoms with E-state index in [0.29, 0.717) is 19.7 Å². The fraction of sp³-hybridized carbons (Fsp3) is 0.714. The number of rotatable bonds is 3. The molecule has 2 aliphatic heterocycles. The van der Waals surface area contributed by atoms with Gasteiger partial charge in [0.05, 0.1) is 17.4 Å². The van der Waals surface area contributed by atoms with Crippen molar-refractivity contribution in [2.75, 3.05) is 19.7 Å². The van der Waals surface area contributed by atoms with Crippen molar-refractivity contribution in [2.24, 2.45) is 0 Å². The molecule has 27 heavy (non-hydrogen) atoms. The fourth-order valence-corrected chi connectivity index (χ4v) is 3.99. The Morgan fingerprint density at radius 2 is 2.07 bits per heavy atom. The van der Waals surface area contributed by atoms with Gasteiger partial charge in [0, 0.05) is 38.7 Å². The molecule has 0 bridgehead atoms. The van der Waals surface area contributed by atoms with Crippen LogP contribution in [0, 0.1) is 0 Å². The molecule has 6 nitrogen and oxygen atoms in total. The summed E-state index contributed by atoms with van der Waals surface area (Å²) in [6.07, 6.45) is 4.93. The lowest BCUT2D eigenvalue weighted by Gasteiger charge is -2.48. The van der Waals surface area contributed by atoms with Crippen LogP contribution in [0.25, 0.3) is 0 Å². The lowest BCUT2D eigenvalue weighted by Crippen LogP contribution is -2.53.